The van der Waals surface area contributed by atoms with Crippen LogP contribution >= 0.6 is 0 Å². The molecule has 0 saturated carbocycles. The topological polar surface area (TPSA) is 70.4 Å². The van der Waals surface area contributed by atoms with E-state index in [-0.39, 0.29) is 11.3 Å². The summed E-state index contributed by atoms with van der Waals surface area (Å²) in [6, 6.07) is 18.9. The van der Waals surface area contributed by atoms with E-state index in [9.17, 15) is 14.9 Å². The number of carbonyl (C=O) groups excluding carboxylic acids is 2. The van der Waals surface area contributed by atoms with Crippen molar-refractivity contribution in [1.29, 1.82) is 5.26 Å². The quantitative estimate of drug-likeness (QED) is 0.376. The Balaban J connectivity index is 2.50. The molecule has 5 heteroatoms. The van der Waals surface area contributed by atoms with E-state index >= 15 is 0 Å². The molecule has 0 aliphatic rings. The Bertz CT molecular complexity index is 804. The van der Waals surface area contributed by atoms with Crippen molar-refractivity contribution in [1.82, 2.24) is 4.90 Å². The van der Waals surface area contributed by atoms with Crippen molar-refractivity contribution in [3.8, 4) is 6.07 Å². The summed E-state index contributed by atoms with van der Waals surface area (Å²) in [7, 11) is 3.06. The Kier molecular flexibility index (Phi) is 5.48. The zero-order valence-corrected chi connectivity index (χ0v) is 13.4. The molecule has 120 valence electrons. The van der Waals surface area contributed by atoms with Gasteiger partial charge in [-0.2, -0.15) is 5.26 Å². The van der Waals surface area contributed by atoms with Gasteiger partial charge in [-0.3, -0.25) is 4.79 Å². The van der Waals surface area contributed by atoms with Gasteiger partial charge in [-0.25, -0.2) is 4.79 Å². The first kappa shape index (κ1) is 17.0. The van der Waals surface area contributed by atoms with Gasteiger partial charge in [0.15, 0.2) is 11.3 Å². The summed E-state index contributed by atoms with van der Waals surface area (Å²) in [4.78, 5) is 25.9. The molecule has 0 saturated heterocycles. The van der Waals surface area contributed by atoms with E-state index in [1.807, 2.05) is 6.07 Å². The number of hydrogen-bond donors (Lipinski definition) is 0. The molecule has 0 fully saturated rings. The molecular formula is C19H16N2O3. The molecular weight excluding hydrogens is 304 g/mol. The van der Waals surface area contributed by atoms with Crippen molar-refractivity contribution in [3.05, 3.63) is 77.4 Å². The van der Waals surface area contributed by atoms with E-state index in [2.05, 4.69) is 0 Å². The molecule has 0 unspecified atom stereocenters. The lowest BCUT2D eigenvalue weighted by atomic mass is 10.1. The van der Waals surface area contributed by atoms with Crippen LogP contribution < -0.4 is 0 Å². The summed E-state index contributed by atoms with van der Waals surface area (Å²) < 4.78 is 5.42. The van der Waals surface area contributed by atoms with E-state index in [0.29, 0.717) is 11.1 Å². The number of rotatable bonds is 4. The number of ether oxygens (including phenoxy) is 1. The number of nitrogens with zero attached hydrogens (tertiary/aromatic N) is 2. The number of likely N-dealkylation sites (N-methyl/N-ethyl adjacent to an activating group) is 1. The van der Waals surface area contributed by atoms with Crippen LogP contribution in [0.15, 0.2) is 66.2 Å². The monoisotopic (exact) mass is 320 g/mol. The lowest BCUT2D eigenvalue weighted by Crippen LogP contribution is -2.24. The Morgan fingerprint density at radius 3 is 1.88 bits per heavy atom. The van der Waals surface area contributed by atoms with E-state index in [4.69, 9.17) is 4.74 Å². The maximum absolute atomic E-state index is 12.4. The van der Waals surface area contributed by atoms with Crippen molar-refractivity contribution in [2.24, 2.45) is 0 Å². The van der Waals surface area contributed by atoms with Gasteiger partial charge in [0, 0.05) is 19.7 Å². The van der Waals surface area contributed by atoms with Crippen molar-refractivity contribution < 1.29 is 14.3 Å². The average Bonchev–Trinajstić information content (AvgIpc) is 2.62. The van der Waals surface area contributed by atoms with Crippen molar-refractivity contribution in [2.75, 3.05) is 14.1 Å². The van der Waals surface area contributed by atoms with Crippen LogP contribution in [0.3, 0.4) is 0 Å². The highest BCUT2D eigenvalue weighted by molar-refractivity contribution is 6.05. The lowest BCUT2D eigenvalue weighted by Gasteiger charge is -2.14. The highest BCUT2D eigenvalue weighted by Crippen LogP contribution is 2.23. The highest BCUT2D eigenvalue weighted by atomic mass is 16.5. The van der Waals surface area contributed by atoms with Gasteiger partial charge in [-0.1, -0.05) is 48.5 Å². The number of nitriles is 1. The van der Waals surface area contributed by atoms with Crippen molar-refractivity contribution >= 4 is 17.6 Å². The molecule has 0 radical (unpaired) electrons. The summed E-state index contributed by atoms with van der Waals surface area (Å²) in [5.41, 5.74) is 0.588. The number of hydrogen-bond acceptors (Lipinski definition) is 4. The maximum Gasteiger partial charge on any atom is 0.343 e. The Morgan fingerprint density at radius 2 is 1.42 bits per heavy atom. The minimum Gasteiger partial charge on any atom is -0.421 e. The lowest BCUT2D eigenvalue weighted by molar-refractivity contribution is -0.124. The smallest absolute Gasteiger partial charge is 0.343 e. The predicted molar refractivity (Wildman–Crippen MR) is 89.5 cm³/mol. The molecule has 0 aliphatic carbocycles. The summed E-state index contributed by atoms with van der Waals surface area (Å²) >= 11 is 0. The van der Waals surface area contributed by atoms with Gasteiger partial charge in [-0.15, -0.1) is 0 Å². The highest BCUT2D eigenvalue weighted by Gasteiger charge is 2.22. The largest absolute Gasteiger partial charge is 0.421 e. The molecule has 0 atom stereocenters. The first-order valence-electron chi connectivity index (χ1n) is 7.23. The Labute approximate surface area is 140 Å². The first-order chi connectivity index (χ1) is 11.5. The fraction of sp³-hybridized carbons (Fsp3) is 0.105. The van der Waals surface area contributed by atoms with Crippen LogP contribution in [0.2, 0.25) is 0 Å². The molecule has 0 spiro atoms. The third kappa shape index (κ3) is 3.87. The van der Waals surface area contributed by atoms with E-state index in [1.165, 1.54) is 19.0 Å². The zero-order chi connectivity index (χ0) is 17.5. The average molecular weight is 320 g/mol. The summed E-state index contributed by atoms with van der Waals surface area (Å²) in [6.07, 6.45) is 0. The predicted octanol–water partition coefficient (Wildman–Crippen LogP) is 2.87. The van der Waals surface area contributed by atoms with Gasteiger partial charge in [0.2, 0.25) is 0 Å². The summed E-state index contributed by atoms with van der Waals surface area (Å²) in [6.45, 7) is 0. The second kappa shape index (κ2) is 7.75. The zero-order valence-electron chi connectivity index (χ0n) is 13.4. The molecule has 1 amide bonds. The van der Waals surface area contributed by atoms with Crippen LogP contribution in [0.1, 0.15) is 15.9 Å². The van der Waals surface area contributed by atoms with E-state index < -0.39 is 11.9 Å². The maximum atomic E-state index is 12.4. The van der Waals surface area contributed by atoms with Gasteiger partial charge in [0.25, 0.3) is 5.91 Å². The fourth-order valence-corrected chi connectivity index (χ4v) is 1.99. The molecule has 0 N–H and O–H groups in total. The van der Waals surface area contributed by atoms with Crippen molar-refractivity contribution in [2.45, 2.75) is 0 Å². The van der Waals surface area contributed by atoms with Crippen LogP contribution in [0.25, 0.3) is 5.76 Å². The van der Waals surface area contributed by atoms with Crippen LogP contribution in [0, 0.1) is 11.3 Å². The van der Waals surface area contributed by atoms with Crippen molar-refractivity contribution in [3.63, 3.8) is 0 Å². The molecule has 0 aromatic heterocycles. The second-order valence-electron chi connectivity index (χ2n) is 5.14. The number of carbonyl (C=O) groups is 2. The van der Waals surface area contributed by atoms with Gasteiger partial charge in [-0.05, 0) is 12.1 Å². The summed E-state index contributed by atoms with van der Waals surface area (Å²) in [5.74, 6) is -1.21. The van der Waals surface area contributed by atoms with Crippen LogP contribution in [0.5, 0.6) is 0 Å². The van der Waals surface area contributed by atoms with Crippen LogP contribution in [-0.2, 0) is 9.53 Å². The number of benzene rings is 2. The van der Waals surface area contributed by atoms with Crippen LogP contribution in [-0.4, -0.2) is 30.9 Å². The number of amides is 1. The Morgan fingerprint density at radius 1 is 0.917 bits per heavy atom. The van der Waals surface area contributed by atoms with E-state index in [1.54, 1.807) is 60.7 Å². The summed E-state index contributed by atoms with van der Waals surface area (Å²) in [5, 5.41) is 9.41. The minimum absolute atomic E-state index is 0.0503. The molecule has 5 nitrogen and oxygen atoms in total. The van der Waals surface area contributed by atoms with Gasteiger partial charge in [0.05, 0.1) is 5.56 Å². The molecule has 0 bridgehead atoms. The molecule has 24 heavy (non-hydrogen) atoms. The fourth-order valence-electron chi connectivity index (χ4n) is 1.99. The number of esters is 1. The van der Waals surface area contributed by atoms with Gasteiger partial charge < -0.3 is 9.64 Å². The normalized spacial score (nSPS) is 11.0. The molecule has 0 heterocycles. The molecule has 2 aromatic rings. The molecule has 0 aliphatic heterocycles. The van der Waals surface area contributed by atoms with Crippen LogP contribution in [0.4, 0.5) is 0 Å². The third-order valence-electron chi connectivity index (χ3n) is 3.20. The standard InChI is InChI=1S/C19H16N2O3/c1-21(2)18(22)16(13-20)17(14-9-5-3-6-10-14)24-19(23)15-11-7-4-8-12-15/h3-12H,1-2H3/b17-16-. The van der Waals surface area contributed by atoms with Gasteiger partial charge >= 0.3 is 5.97 Å². The molecule has 2 aromatic carbocycles. The van der Waals surface area contributed by atoms with E-state index in [0.717, 1.165) is 0 Å². The Hall–Kier alpha value is -3.39. The first-order valence-corrected chi connectivity index (χ1v) is 7.23. The van der Waals surface area contributed by atoms with Gasteiger partial charge in [0.1, 0.15) is 6.07 Å². The minimum atomic E-state index is -0.631. The SMILES string of the molecule is CN(C)C(=O)/C(C#N)=C(\OC(=O)c1ccccc1)c1ccccc1. The molecule has 2 rings (SSSR count). The second-order valence-corrected chi connectivity index (χ2v) is 5.14. The third-order valence-corrected chi connectivity index (χ3v) is 3.20.